The van der Waals surface area contributed by atoms with E-state index in [0.717, 1.165) is 41.0 Å². The maximum atomic E-state index is 11.3. The van der Waals surface area contributed by atoms with Crippen LogP contribution in [-0.2, 0) is 18.3 Å². The van der Waals surface area contributed by atoms with Crippen molar-refractivity contribution in [3.05, 3.63) is 130 Å². The second-order valence-electron chi connectivity index (χ2n) is 8.72. The van der Waals surface area contributed by atoms with Crippen molar-refractivity contribution in [3.63, 3.8) is 0 Å². The Hall–Kier alpha value is -3.56. The van der Waals surface area contributed by atoms with E-state index in [4.69, 9.17) is 9.47 Å². The highest BCUT2D eigenvalue weighted by Crippen LogP contribution is 2.49. The molecule has 1 aliphatic rings. The third kappa shape index (κ3) is 3.79. The molecule has 1 N–H and O–H groups in total. The molecule has 5 rings (SSSR count). The highest BCUT2D eigenvalue weighted by Gasteiger charge is 2.43. The van der Waals surface area contributed by atoms with Crippen molar-refractivity contribution >= 4 is 0 Å². The molecule has 0 saturated carbocycles. The lowest BCUT2D eigenvalue weighted by Crippen LogP contribution is -2.39. The van der Waals surface area contributed by atoms with Crippen molar-refractivity contribution in [1.29, 1.82) is 0 Å². The molecule has 4 aromatic carbocycles. The van der Waals surface area contributed by atoms with E-state index in [9.17, 15) is 5.11 Å². The predicted molar refractivity (Wildman–Crippen MR) is 131 cm³/mol. The Balaban J connectivity index is 1.77. The zero-order chi connectivity index (χ0) is 22.8. The van der Waals surface area contributed by atoms with Gasteiger partial charge in [-0.3, -0.25) is 0 Å². The van der Waals surface area contributed by atoms with Crippen LogP contribution in [0.2, 0.25) is 0 Å². The largest absolute Gasteiger partial charge is 0.497 e. The fourth-order valence-electron chi connectivity index (χ4n) is 5.36. The minimum atomic E-state index is -0.638. The van der Waals surface area contributed by atoms with E-state index in [-0.39, 0.29) is 5.41 Å². The third-order valence-corrected chi connectivity index (χ3v) is 6.81. The summed E-state index contributed by atoms with van der Waals surface area (Å²) in [5.74, 6) is 1.55. The second-order valence-corrected chi connectivity index (χ2v) is 8.72. The van der Waals surface area contributed by atoms with Crippen molar-refractivity contribution in [2.75, 3.05) is 14.2 Å². The first-order chi connectivity index (χ1) is 16.1. The van der Waals surface area contributed by atoms with Gasteiger partial charge in [-0.15, -0.1) is 0 Å². The Bertz CT molecular complexity index is 1190. The first-order valence-electron chi connectivity index (χ1n) is 11.3. The van der Waals surface area contributed by atoms with Crippen LogP contribution in [0.25, 0.3) is 0 Å². The van der Waals surface area contributed by atoms with Crippen LogP contribution in [0, 0.1) is 0 Å². The van der Waals surface area contributed by atoms with Crippen molar-refractivity contribution in [3.8, 4) is 11.5 Å². The third-order valence-electron chi connectivity index (χ3n) is 6.81. The van der Waals surface area contributed by atoms with E-state index in [1.165, 1.54) is 16.7 Å². The topological polar surface area (TPSA) is 38.7 Å². The van der Waals surface area contributed by atoms with Crippen LogP contribution in [0.1, 0.15) is 39.5 Å². The highest BCUT2D eigenvalue weighted by molar-refractivity contribution is 5.58. The Kier molecular flexibility index (Phi) is 5.65. The molecule has 0 atom stereocenters. The monoisotopic (exact) mass is 436 g/mol. The van der Waals surface area contributed by atoms with Gasteiger partial charge in [0.1, 0.15) is 17.6 Å². The Morgan fingerprint density at radius 1 is 0.636 bits per heavy atom. The lowest BCUT2D eigenvalue weighted by molar-refractivity contribution is 0.207. The number of hydrogen-bond acceptors (Lipinski definition) is 3. The summed E-state index contributed by atoms with van der Waals surface area (Å²) in [6.07, 6.45) is 0.922. The number of aliphatic hydroxyl groups is 1. The number of ether oxygens (including phenoxy) is 2. The molecule has 0 bridgehead atoms. The molecule has 0 fully saturated rings. The Morgan fingerprint density at radius 2 is 1.12 bits per heavy atom. The van der Waals surface area contributed by atoms with Gasteiger partial charge in [-0.2, -0.15) is 0 Å². The van der Waals surface area contributed by atoms with E-state index in [0.29, 0.717) is 0 Å². The number of benzene rings is 4. The van der Waals surface area contributed by atoms with E-state index < -0.39 is 6.10 Å². The summed E-state index contributed by atoms with van der Waals surface area (Å²) in [7, 11) is 3.36. The van der Waals surface area contributed by atoms with Crippen LogP contribution in [0.15, 0.2) is 97.1 Å². The van der Waals surface area contributed by atoms with Gasteiger partial charge < -0.3 is 14.6 Å². The Morgan fingerprint density at radius 3 is 1.67 bits per heavy atom. The molecule has 0 heterocycles. The fraction of sp³-hybridized carbons (Fsp3) is 0.200. The van der Waals surface area contributed by atoms with E-state index >= 15 is 0 Å². The molecule has 166 valence electrons. The number of fused-ring (bicyclic) bond motifs is 2. The highest BCUT2D eigenvalue weighted by atomic mass is 16.5. The molecule has 0 spiro atoms. The number of methoxy groups -OCH3 is 2. The van der Waals surface area contributed by atoms with Crippen LogP contribution in [0.3, 0.4) is 0 Å². The average molecular weight is 437 g/mol. The summed E-state index contributed by atoms with van der Waals surface area (Å²) >= 11 is 0. The number of hydrogen-bond donors (Lipinski definition) is 1. The quantitative estimate of drug-likeness (QED) is 0.411. The first kappa shape index (κ1) is 21.3. The molecule has 1 aliphatic carbocycles. The van der Waals surface area contributed by atoms with Gasteiger partial charge in [0.15, 0.2) is 0 Å². The molecule has 0 radical (unpaired) electrons. The van der Waals surface area contributed by atoms with Crippen LogP contribution >= 0.6 is 0 Å². The lowest BCUT2D eigenvalue weighted by Gasteiger charge is -2.43. The molecule has 0 aliphatic heterocycles. The average Bonchev–Trinajstić information content (AvgIpc) is 2.87. The van der Waals surface area contributed by atoms with Crippen LogP contribution in [-0.4, -0.2) is 19.3 Å². The number of aliphatic hydroxyl groups excluding tert-OH is 1. The lowest BCUT2D eigenvalue weighted by atomic mass is 9.60. The molecule has 3 heteroatoms. The van der Waals surface area contributed by atoms with Crippen LogP contribution in [0.4, 0.5) is 0 Å². The smallest absolute Gasteiger partial charge is 0.122 e. The predicted octanol–water partition coefficient (Wildman–Crippen LogP) is 5.87. The molecule has 3 nitrogen and oxygen atoms in total. The van der Waals surface area contributed by atoms with E-state index in [2.05, 4.69) is 78.9 Å². The summed E-state index contributed by atoms with van der Waals surface area (Å²) < 4.78 is 11.1. The molecule has 0 unspecified atom stereocenters. The SMILES string of the molecule is COc1cc(CC2(Cc3ccccc3)c3ccccc3C(O)c3ccccc32)cc(OC)c1. The van der Waals surface area contributed by atoms with Crippen LogP contribution < -0.4 is 9.47 Å². The van der Waals surface area contributed by atoms with E-state index in [1.807, 2.05) is 18.2 Å². The van der Waals surface area contributed by atoms with Crippen molar-refractivity contribution in [2.24, 2.45) is 0 Å². The summed E-state index contributed by atoms with van der Waals surface area (Å²) in [6.45, 7) is 0. The van der Waals surface area contributed by atoms with Gasteiger partial charge in [0.2, 0.25) is 0 Å². The Labute approximate surface area is 195 Å². The van der Waals surface area contributed by atoms with Crippen molar-refractivity contribution < 1.29 is 14.6 Å². The molecule has 0 amide bonds. The molecule has 4 aromatic rings. The maximum absolute atomic E-state index is 11.3. The van der Waals surface area contributed by atoms with Gasteiger partial charge in [0.25, 0.3) is 0 Å². The van der Waals surface area contributed by atoms with E-state index in [1.54, 1.807) is 14.2 Å². The zero-order valence-electron chi connectivity index (χ0n) is 19.0. The maximum Gasteiger partial charge on any atom is 0.122 e. The summed E-state index contributed by atoms with van der Waals surface area (Å²) in [4.78, 5) is 0. The van der Waals surface area contributed by atoms with Gasteiger partial charge in [0, 0.05) is 11.5 Å². The number of rotatable bonds is 6. The minimum Gasteiger partial charge on any atom is -0.497 e. The zero-order valence-corrected chi connectivity index (χ0v) is 19.0. The van der Waals surface area contributed by atoms with Gasteiger partial charge >= 0.3 is 0 Å². The van der Waals surface area contributed by atoms with Gasteiger partial charge in [-0.05, 0) is 58.4 Å². The first-order valence-corrected chi connectivity index (χ1v) is 11.3. The normalized spacial score (nSPS) is 18.8. The second kappa shape index (κ2) is 8.76. The fourth-order valence-corrected chi connectivity index (χ4v) is 5.36. The molecular weight excluding hydrogens is 408 g/mol. The van der Waals surface area contributed by atoms with Crippen molar-refractivity contribution in [1.82, 2.24) is 0 Å². The molecule has 33 heavy (non-hydrogen) atoms. The summed E-state index contributed by atoms with van der Waals surface area (Å²) in [5, 5.41) is 11.3. The molecule has 0 saturated heterocycles. The summed E-state index contributed by atoms with van der Waals surface area (Å²) in [5.41, 5.74) is 6.31. The standard InChI is InChI=1S/C30H28O3/c1-32-23-16-22(17-24(18-23)33-2)20-30(19-21-10-4-3-5-11-21)27-14-8-6-12-25(27)29(31)26-13-7-9-15-28(26)30/h3-18,29,31H,19-20H2,1-2H3. The molecule has 0 aromatic heterocycles. The van der Waals surface area contributed by atoms with Gasteiger partial charge in [-0.25, -0.2) is 0 Å². The van der Waals surface area contributed by atoms with Crippen molar-refractivity contribution in [2.45, 2.75) is 24.4 Å². The minimum absolute atomic E-state index is 0.356. The molecular formula is C30H28O3. The van der Waals surface area contributed by atoms with Crippen LogP contribution in [0.5, 0.6) is 11.5 Å². The van der Waals surface area contributed by atoms with Gasteiger partial charge in [0.05, 0.1) is 14.2 Å². The summed E-state index contributed by atoms with van der Waals surface area (Å²) in [6, 6.07) is 33.3. The van der Waals surface area contributed by atoms with Gasteiger partial charge in [-0.1, -0.05) is 78.9 Å².